The van der Waals surface area contributed by atoms with Crippen molar-refractivity contribution in [3.05, 3.63) is 113 Å². The van der Waals surface area contributed by atoms with Gasteiger partial charge in [0.1, 0.15) is 18.1 Å². The highest BCUT2D eigenvalue weighted by Crippen LogP contribution is 2.18. The molecular formula is C27H23F4N5O3. The zero-order chi connectivity index (χ0) is 27.8. The van der Waals surface area contributed by atoms with Crippen LogP contribution in [0.25, 0.3) is 5.69 Å². The summed E-state index contributed by atoms with van der Waals surface area (Å²) < 4.78 is 57.9. The van der Waals surface area contributed by atoms with Crippen LogP contribution in [0.1, 0.15) is 37.7 Å². The smallest absolute Gasteiger partial charge is 0.370 e. The molecule has 202 valence electrons. The fraction of sp³-hybridized carbons (Fsp3) is 0.185. The molecule has 3 aromatic carbocycles. The topological polar surface area (TPSA) is 98.1 Å². The number of halogens is 4. The third-order valence-corrected chi connectivity index (χ3v) is 5.49. The van der Waals surface area contributed by atoms with Gasteiger partial charge in [0, 0.05) is 12.1 Å². The molecule has 4 rings (SSSR count). The number of nitrogens with zero attached hydrogens (tertiary/aromatic N) is 3. The molecule has 12 heteroatoms. The Morgan fingerprint density at radius 1 is 0.846 bits per heavy atom. The second kappa shape index (κ2) is 12.3. The minimum Gasteiger partial charge on any atom is -0.370 e. The standard InChI is InChI=1S/C27H23F4N5O3/c28-21-8-4-7-19(13-21)14-32-26(38)24-23(16-39-15-18-5-2-1-3-6-18)36(35-34-24)22-11-9-20(10-12-22)25(37)33-17-27(29,30)31/h1-13H,14-17H2,(H,32,38)(H,33,37). The first-order valence-electron chi connectivity index (χ1n) is 11.7. The number of hydrogen-bond acceptors (Lipinski definition) is 5. The van der Waals surface area contributed by atoms with Crippen LogP contribution in [0.15, 0.2) is 78.9 Å². The van der Waals surface area contributed by atoms with E-state index in [1.165, 1.54) is 47.1 Å². The van der Waals surface area contributed by atoms with Gasteiger partial charge >= 0.3 is 6.18 Å². The lowest BCUT2D eigenvalue weighted by molar-refractivity contribution is -0.123. The molecule has 0 saturated carbocycles. The van der Waals surface area contributed by atoms with E-state index in [1.54, 1.807) is 6.07 Å². The van der Waals surface area contributed by atoms with Gasteiger partial charge in [0.2, 0.25) is 0 Å². The van der Waals surface area contributed by atoms with Crippen LogP contribution in [-0.4, -0.2) is 39.5 Å². The normalized spacial score (nSPS) is 11.3. The van der Waals surface area contributed by atoms with Gasteiger partial charge in [-0.25, -0.2) is 9.07 Å². The van der Waals surface area contributed by atoms with Crippen molar-refractivity contribution < 1.29 is 31.9 Å². The summed E-state index contributed by atoms with van der Waals surface area (Å²) in [5.41, 5.74) is 2.15. The molecule has 0 spiro atoms. The number of amides is 2. The van der Waals surface area contributed by atoms with Crippen molar-refractivity contribution in [3.63, 3.8) is 0 Å². The third kappa shape index (κ3) is 7.71. The number of benzene rings is 3. The first-order valence-corrected chi connectivity index (χ1v) is 11.7. The molecule has 0 bridgehead atoms. The van der Waals surface area contributed by atoms with Crippen LogP contribution < -0.4 is 10.6 Å². The highest BCUT2D eigenvalue weighted by atomic mass is 19.4. The zero-order valence-corrected chi connectivity index (χ0v) is 20.4. The van der Waals surface area contributed by atoms with E-state index >= 15 is 0 Å². The number of carbonyl (C=O) groups excluding carboxylic acids is 2. The van der Waals surface area contributed by atoms with Gasteiger partial charge in [0.05, 0.1) is 18.9 Å². The Kier molecular flexibility index (Phi) is 8.67. The van der Waals surface area contributed by atoms with Gasteiger partial charge in [-0.2, -0.15) is 13.2 Å². The van der Waals surface area contributed by atoms with Gasteiger partial charge in [-0.15, -0.1) is 5.10 Å². The SMILES string of the molecule is O=C(NCC(F)(F)F)c1ccc(-n2nnc(C(=O)NCc3cccc(F)c3)c2COCc2ccccc2)cc1. The number of hydrogen-bond donors (Lipinski definition) is 2. The molecule has 0 radical (unpaired) electrons. The molecule has 0 atom stereocenters. The summed E-state index contributed by atoms with van der Waals surface area (Å²) in [6.07, 6.45) is -4.53. The lowest BCUT2D eigenvalue weighted by Gasteiger charge is -2.11. The number of ether oxygens (including phenoxy) is 1. The van der Waals surface area contributed by atoms with Gasteiger partial charge in [0.15, 0.2) is 5.69 Å². The third-order valence-electron chi connectivity index (χ3n) is 5.49. The minimum absolute atomic E-state index is 0.0121. The van der Waals surface area contributed by atoms with Crippen molar-refractivity contribution in [2.75, 3.05) is 6.54 Å². The van der Waals surface area contributed by atoms with Crippen LogP contribution in [0.3, 0.4) is 0 Å². The van der Waals surface area contributed by atoms with Crippen LogP contribution in [0.2, 0.25) is 0 Å². The molecule has 4 aromatic rings. The van der Waals surface area contributed by atoms with Gasteiger partial charge < -0.3 is 15.4 Å². The van der Waals surface area contributed by atoms with E-state index in [4.69, 9.17) is 4.74 Å². The lowest BCUT2D eigenvalue weighted by Crippen LogP contribution is -2.33. The summed E-state index contributed by atoms with van der Waals surface area (Å²) in [5.74, 6) is -1.88. The van der Waals surface area contributed by atoms with Crippen molar-refractivity contribution in [2.45, 2.75) is 25.9 Å². The molecule has 8 nitrogen and oxygen atoms in total. The summed E-state index contributed by atoms with van der Waals surface area (Å²) in [7, 11) is 0. The van der Waals surface area contributed by atoms with Crippen molar-refractivity contribution in [1.82, 2.24) is 25.6 Å². The number of alkyl halides is 3. The Hall–Kier alpha value is -4.58. The van der Waals surface area contributed by atoms with Crippen LogP contribution in [-0.2, 0) is 24.5 Å². The van der Waals surface area contributed by atoms with Crippen LogP contribution >= 0.6 is 0 Å². The largest absolute Gasteiger partial charge is 0.405 e. The Balaban J connectivity index is 1.53. The quantitative estimate of drug-likeness (QED) is 0.291. The van der Waals surface area contributed by atoms with Gasteiger partial charge in [-0.05, 0) is 47.5 Å². The Labute approximate surface area is 220 Å². The minimum atomic E-state index is -4.53. The molecule has 39 heavy (non-hydrogen) atoms. The van der Waals surface area contributed by atoms with E-state index in [1.807, 2.05) is 35.6 Å². The molecule has 0 aliphatic rings. The molecule has 1 heterocycles. The average molecular weight is 542 g/mol. The number of rotatable bonds is 10. The van der Waals surface area contributed by atoms with Gasteiger partial charge in [0.25, 0.3) is 11.8 Å². The highest BCUT2D eigenvalue weighted by Gasteiger charge is 2.28. The van der Waals surface area contributed by atoms with Crippen molar-refractivity contribution >= 4 is 11.8 Å². The molecule has 0 unspecified atom stereocenters. The molecule has 0 aliphatic heterocycles. The van der Waals surface area contributed by atoms with Crippen LogP contribution in [0, 0.1) is 5.82 Å². The van der Waals surface area contributed by atoms with Gasteiger partial charge in [-0.3, -0.25) is 9.59 Å². The average Bonchev–Trinajstić information content (AvgIpc) is 3.34. The van der Waals surface area contributed by atoms with E-state index in [0.717, 1.165) is 5.56 Å². The Morgan fingerprint density at radius 2 is 1.56 bits per heavy atom. The summed E-state index contributed by atoms with van der Waals surface area (Å²) >= 11 is 0. The number of carbonyl (C=O) groups is 2. The van der Waals surface area contributed by atoms with E-state index in [-0.39, 0.29) is 31.0 Å². The molecule has 0 saturated heterocycles. The second-order valence-corrected chi connectivity index (χ2v) is 8.43. The summed E-state index contributed by atoms with van der Waals surface area (Å²) in [4.78, 5) is 25.0. The molecule has 0 aliphatic carbocycles. The lowest BCUT2D eigenvalue weighted by atomic mass is 10.2. The maximum Gasteiger partial charge on any atom is 0.405 e. The first-order chi connectivity index (χ1) is 18.7. The molecule has 2 N–H and O–H groups in total. The number of nitrogens with one attached hydrogen (secondary N) is 2. The fourth-order valence-corrected chi connectivity index (χ4v) is 3.60. The van der Waals surface area contributed by atoms with Gasteiger partial charge in [-0.1, -0.05) is 47.7 Å². The maximum atomic E-state index is 13.5. The summed E-state index contributed by atoms with van der Waals surface area (Å²) in [6, 6.07) is 20.7. The molecule has 2 amide bonds. The fourth-order valence-electron chi connectivity index (χ4n) is 3.60. The maximum absolute atomic E-state index is 13.5. The monoisotopic (exact) mass is 541 g/mol. The molecule has 1 aromatic heterocycles. The highest BCUT2D eigenvalue weighted by molar-refractivity contribution is 5.94. The van der Waals surface area contributed by atoms with Crippen molar-refractivity contribution in [2.24, 2.45) is 0 Å². The summed E-state index contributed by atoms with van der Waals surface area (Å²) in [6.45, 7) is -1.21. The zero-order valence-electron chi connectivity index (χ0n) is 20.4. The van der Waals surface area contributed by atoms with Crippen LogP contribution in [0.4, 0.5) is 17.6 Å². The molecule has 0 fully saturated rings. The van der Waals surface area contributed by atoms with E-state index in [2.05, 4.69) is 15.6 Å². The Bertz CT molecular complexity index is 1420. The van der Waals surface area contributed by atoms with E-state index in [9.17, 15) is 27.2 Å². The van der Waals surface area contributed by atoms with Crippen molar-refractivity contribution in [3.8, 4) is 5.69 Å². The number of aromatic nitrogens is 3. The predicted molar refractivity (Wildman–Crippen MR) is 132 cm³/mol. The molecular weight excluding hydrogens is 518 g/mol. The summed E-state index contributed by atoms with van der Waals surface area (Å²) in [5, 5.41) is 12.6. The Morgan fingerprint density at radius 3 is 2.26 bits per heavy atom. The van der Waals surface area contributed by atoms with Crippen LogP contribution in [0.5, 0.6) is 0 Å². The van der Waals surface area contributed by atoms with E-state index in [0.29, 0.717) is 16.9 Å². The predicted octanol–water partition coefficient (Wildman–Crippen LogP) is 4.35. The van der Waals surface area contributed by atoms with E-state index < -0.39 is 30.4 Å². The first kappa shape index (κ1) is 27.5. The van der Waals surface area contributed by atoms with Crippen molar-refractivity contribution in [1.29, 1.82) is 0 Å². The second-order valence-electron chi connectivity index (χ2n) is 8.43.